The molecule has 0 saturated carbocycles. The third kappa shape index (κ3) is 2.74. The summed E-state index contributed by atoms with van der Waals surface area (Å²) in [7, 11) is 0. The normalized spacial score (nSPS) is 26.8. The van der Waals surface area contributed by atoms with Crippen molar-refractivity contribution in [3.63, 3.8) is 0 Å². The van der Waals surface area contributed by atoms with Gasteiger partial charge in [0.25, 0.3) is 0 Å². The molecule has 0 aliphatic carbocycles. The first-order valence-electron chi connectivity index (χ1n) is 6.52. The van der Waals surface area contributed by atoms with Gasteiger partial charge in [-0.25, -0.2) is 0 Å². The lowest BCUT2D eigenvalue weighted by atomic mass is 10.1. The first kappa shape index (κ1) is 12.9. The highest BCUT2D eigenvalue weighted by Gasteiger charge is 2.31. The molecular formula is C13H17BrN4O. The molecule has 0 radical (unpaired) electrons. The monoisotopic (exact) mass is 324 g/mol. The van der Waals surface area contributed by atoms with Crippen LogP contribution in [0.4, 0.5) is 0 Å². The van der Waals surface area contributed by atoms with E-state index in [4.69, 9.17) is 10.5 Å². The van der Waals surface area contributed by atoms with Gasteiger partial charge in [-0.1, -0.05) is 0 Å². The van der Waals surface area contributed by atoms with Crippen LogP contribution in [0.25, 0.3) is 0 Å². The Morgan fingerprint density at radius 1 is 1.47 bits per heavy atom. The van der Waals surface area contributed by atoms with E-state index in [1.54, 1.807) is 6.20 Å². The summed E-state index contributed by atoms with van der Waals surface area (Å²) < 4.78 is 6.67. The third-order valence-corrected chi connectivity index (χ3v) is 4.07. The molecule has 3 heterocycles. The van der Waals surface area contributed by atoms with Gasteiger partial charge >= 0.3 is 0 Å². The van der Waals surface area contributed by atoms with Gasteiger partial charge in [0.15, 0.2) is 5.96 Å². The van der Waals surface area contributed by atoms with E-state index in [-0.39, 0.29) is 12.1 Å². The Balaban J connectivity index is 1.77. The molecular weight excluding hydrogens is 308 g/mol. The fraction of sp³-hybridized carbons (Fsp3) is 0.538. The molecule has 2 N–H and O–H groups in total. The molecule has 102 valence electrons. The summed E-state index contributed by atoms with van der Waals surface area (Å²) in [6.07, 6.45) is 6.18. The van der Waals surface area contributed by atoms with Crippen LogP contribution in [-0.4, -0.2) is 41.6 Å². The first-order chi connectivity index (χ1) is 9.24. The number of guanidine groups is 1. The van der Waals surface area contributed by atoms with E-state index in [2.05, 4.69) is 36.9 Å². The lowest BCUT2D eigenvalue weighted by Crippen LogP contribution is -2.41. The van der Waals surface area contributed by atoms with Gasteiger partial charge in [-0.05, 0) is 40.4 Å². The zero-order chi connectivity index (χ0) is 13.2. The lowest BCUT2D eigenvalue weighted by Gasteiger charge is -2.28. The number of aromatic nitrogens is 1. The Labute approximate surface area is 121 Å². The first-order valence-corrected chi connectivity index (χ1v) is 7.32. The topological polar surface area (TPSA) is 63.7 Å². The highest BCUT2D eigenvalue weighted by atomic mass is 79.9. The molecule has 0 aromatic carbocycles. The quantitative estimate of drug-likeness (QED) is 0.919. The fourth-order valence-electron chi connectivity index (χ4n) is 2.65. The molecule has 0 amide bonds. The molecule has 0 bridgehead atoms. The third-order valence-electron chi connectivity index (χ3n) is 3.63. The zero-order valence-corrected chi connectivity index (χ0v) is 12.2. The smallest absolute Gasteiger partial charge is 0.192 e. The Hall–Kier alpha value is -1.14. The van der Waals surface area contributed by atoms with Crippen LogP contribution in [0.3, 0.4) is 0 Å². The van der Waals surface area contributed by atoms with Crippen LogP contribution in [0.5, 0.6) is 0 Å². The van der Waals surface area contributed by atoms with Crippen LogP contribution in [0.1, 0.15) is 24.4 Å². The minimum Gasteiger partial charge on any atom is -0.376 e. The van der Waals surface area contributed by atoms with Gasteiger partial charge in [-0.2, -0.15) is 0 Å². The Morgan fingerprint density at radius 3 is 3.11 bits per heavy atom. The maximum Gasteiger partial charge on any atom is 0.192 e. The summed E-state index contributed by atoms with van der Waals surface area (Å²) in [5.41, 5.74) is 7.15. The summed E-state index contributed by atoms with van der Waals surface area (Å²) >= 11 is 3.46. The van der Waals surface area contributed by atoms with E-state index in [1.165, 1.54) is 0 Å². The van der Waals surface area contributed by atoms with Gasteiger partial charge in [0.05, 0.1) is 18.7 Å². The second kappa shape index (κ2) is 5.46. The molecule has 1 aromatic heterocycles. The number of rotatable bonds is 3. The van der Waals surface area contributed by atoms with Crippen LogP contribution >= 0.6 is 15.9 Å². The molecule has 6 heteroatoms. The standard InChI is InChI=1S/C13H17BrN4O/c14-10-4-9(5-16-6-10)12-7-17-13(15)18(12)8-11-2-1-3-19-11/h4-6,11-12H,1-3,7-8H2,(H2,15,17). The minimum atomic E-state index is 0.175. The van der Waals surface area contributed by atoms with Crippen molar-refractivity contribution in [2.24, 2.45) is 10.7 Å². The van der Waals surface area contributed by atoms with Crippen LogP contribution in [0, 0.1) is 0 Å². The fourth-order valence-corrected chi connectivity index (χ4v) is 3.04. The molecule has 19 heavy (non-hydrogen) atoms. The summed E-state index contributed by atoms with van der Waals surface area (Å²) in [6, 6.07) is 2.25. The van der Waals surface area contributed by atoms with E-state index in [0.29, 0.717) is 12.5 Å². The maximum atomic E-state index is 6.01. The van der Waals surface area contributed by atoms with Gasteiger partial charge in [0, 0.05) is 30.0 Å². The molecule has 1 aromatic rings. The van der Waals surface area contributed by atoms with Gasteiger partial charge in [-0.15, -0.1) is 0 Å². The molecule has 1 saturated heterocycles. The number of nitrogens with two attached hydrogens (primary N) is 1. The zero-order valence-electron chi connectivity index (χ0n) is 10.6. The average Bonchev–Trinajstić information content (AvgIpc) is 3.01. The Bertz CT molecular complexity index is 487. The lowest BCUT2D eigenvalue weighted by molar-refractivity contribution is 0.0852. The molecule has 5 nitrogen and oxygen atoms in total. The summed E-state index contributed by atoms with van der Waals surface area (Å²) in [4.78, 5) is 10.7. The Morgan fingerprint density at radius 2 is 2.37 bits per heavy atom. The highest BCUT2D eigenvalue weighted by Crippen LogP contribution is 2.28. The number of hydrogen-bond donors (Lipinski definition) is 1. The number of nitrogens with zero attached hydrogens (tertiary/aromatic N) is 3. The van der Waals surface area contributed by atoms with Crippen molar-refractivity contribution in [2.45, 2.75) is 25.0 Å². The van der Waals surface area contributed by atoms with E-state index in [9.17, 15) is 0 Å². The van der Waals surface area contributed by atoms with Crippen molar-refractivity contribution in [1.29, 1.82) is 0 Å². The number of ether oxygens (including phenoxy) is 1. The summed E-state index contributed by atoms with van der Waals surface area (Å²) in [5.74, 6) is 0.612. The predicted octanol–water partition coefficient (Wildman–Crippen LogP) is 1.69. The summed E-state index contributed by atoms with van der Waals surface area (Å²) in [5, 5.41) is 0. The van der Waals surface area contributed by atoms with Crippen molar-refractivity contribution < 1.29 is 4.74 Å². The van der Waals surface area contributed by atoms with Crippen LogP contribution in [0.2, 0.25) is 0 Å². The highest BCUT2D eigenvalue weighted by molar-refractivity contribution is 9.10. The molecule has 3 rings (SSSR count). The van der Waals surface area contributed by atoms with Crippen LogP contribution in [-0.2, 0) is 4.74 Å². The predicted molar refractivity (Wildman–Crippen MR) is 76.8 cm³/mol. The molecule has 1 fully saturated rings. The van der Waals surface area contributed by atoms with Crippen LogP contribution in [0.15, 0.2) is 27.9 Å². The van der Waals surface area contributed by atoms with Crippen molar-refractivity contribution >= 4 is 21.9 Å². The van der Waals surface area contributed by atoms with Gasteiger partial charge in [0.2, 0.25) is 0 Å². The van der Waals surface area contributed by atoms with E-state index >= 15 is 0 Å². The average molecular weight is 325 g/mol. The van der Waals surface area contributed by atoms with Crippen molar-refractivity contribution in [1.82, 2.24) is 9.88 Å². The van der Waals surface area contributed by atoms with Crippen molar-refractivity contribution in [3.05, 3.63) is 28.5 Å². The second-order valence-electron chi connectivity index (χ2n) is 4.94. The second-order valence-corrected chi connectivity index (χ2v) is 5.85. The van der Waals surface area contributed by atoms with Crippen molar-refractivity contribution in [3.8, 4) is 0 Å². The molecule has 0 spiro atoms. The minimum absolute atomic E-state index is 0.175. The molecule has 2 aliphatic rings. The Kier molecular flexibility index (Phi) is 3.70. The SMILES string of the molecule is NC1=NCC(c2cncc(Br)c2)N1CC1CCCO1. The van der Waals surface area contributed by atoms with Crippen LogP contribution < -0.4 is 5.73 Å². The van der Waals surface area contributed by atoms with Gasteiger partial charge in [0.1, 0.15) is 0 Å². The van der Waals surface area contributed by atoms with E-state index in [1.807, 2.05) is 6.20 Å². The molecule has 2 unspecified atom stereocenters. The van der Waals surface area contributed by atoms with Gasteiger partial charge < -0.3 is 15.4 Å². The summed E-state index contributed by atoms with van der Waals surface area (Å²) in [6.45, 7) is 2.36. The van der Waals surface area contributed by atoms with E-state index < -0.39 is 0 Å². The number of halogens is 1. The molecule has 2 atom stereocenters. The van der Waals surface area contributed by atoms with Crippen molar-refractivity contribution in [2.75, 3.05) is 19.7 Å². The number of aliphatic imine (C=N–C) groups is 1. The van der Waals surface area contributed by atoms with Gasteiger partial charge in [-0.3, -0.25) is 9.98 Å². The van der Waals surface area contributed by atoms with E-state index in [0.717, 1.165) is 36.0 Å². The number of hydrogen-bond acceptors (Lipinski definition) is 5. The number of pyridine rings is 1. The maximum absolute atomic E-state index is 6.01. The largest absolute Gasteiger partial charge is 0.376 e. The molecule has 2 aliphatic heterocycles.